The third kappa shape index (κ3) is 3.83. The van der Waals surface area contributed by atoms with Crippen LogP contribution in [-0.2, 0) is 21.3 Å². The van der Waals surface area contributed by atoms with Crippen molar-refractivity contribution in [2.45, 2.75) is 25.0 Å². The molecule has 1 saturated carbocycles. The molecule has 0 aliphatic heterocycles. The van der Waals surface area contributed by atoms with Gasteiger partial charge in [0.05, 0.1) is 12.2 Å². The minimum absolute atomic E-state index is 0.00955. The van der Waals surface area contributed by atoms with Crippen LogP contribution in [0.4, 0.5) is 8.78 Å². The maximum absolute atomic E-state index is 13.4. The Morgan fingerprint density at radius 3 is 2.63 bits per heavy atom. The molecular weight excluding hydrogens is 274 g/mol. The number of carbonyl (C=O) groups is 1. The number of hydrogen-bond acceptors (Lipinski definition) is 2. The lowest BCUT2D eigenvalue weighted by molar-refractivity contribution is -0.138. The van der Waals surface area contributed by atoms with E-state index in [4.69, 9.17) is 5.11 Å². The summed E-state index contributed by atoms with van der Waals surface area (Å²) < 4.78 is 38.3. The lowest BCUT2D eigenvalue weighted by Gasteiger charge is -2.12. The fraction of sp³-hybridized carbons (Fsp3) is 0.462. The molecule has 1 unspecified atom stereocenters. The lowest BCUT2D eigenvalue weighted by Crippen LogP contribution is -2.17. The van der Waals surface area contributed by atoms with E-state index in [2.05, 4.69) is 0 Å². The molecule has 0 heterocycles. The van der Waals surface area contributed by atoms with Crippen LogP contribution in [0.25, 0.3) is 0 Å². The van der Waals surface area contributed by atoms with Gasteiger partial charge < -0.3 is 5.11 Å². The van der Waals surface area contributed by atoms with E-state index in [1.165, 1.54) is 0 Å². The Bertz CT molecular complexity index is 527. The molecule has 1 atom stereocenters. The molecule has 0 amide bonds. The predicted octanol–water partition coefficient (Wildman–Crippen LogP) is 2.47. The number of halogens is 2. The van der Waals surface area contributed by atoms with Crippen molar-refractivity contribution in [2.24, 2.45) is 5.41 Å². The summed E-state index contributed by atoms with van der Waals surface area (Å²) in [6, 6.07) is 3.05. The third-order valence-electron chi connectivity index (χ3n) is 3.27. The summed E-state index contributed by atoms with van der Waals surface area (Å²) >= 11 is 0. The molecule has 1 N–H and O–H groups in total. The van der Waals surface area contributed by atoms with E-state index in [-0.39, 0.29) is 23.5 Å². The van der Waals surface area contributed by atoms with E-state index >= 15 is 0 Å². The van der Waals surface area contributed by atoms with Gasteiger partial charge in [-0.2, -0.15) is 0 Å². The summed E-state index contributed by atoms with van der Waals surface area (Å²) in [5.41, 5.74) is -0.329. The van der Waals surface area contributed by atoms with Crippen molar-refractivity contribution in [1.29, 1.82) is 0 Å². The Labute approximate surface area is 112 Å². The number of carboxylic acids is 1. The largest absolute Gasteiger partial charge is 0.481 e. The van der Waals surface area contributed by atoms with E-state index in [1.807, 2.05) is 0 Å². The average Bonchev–Trinajstić information content (AvgIpc) is 3.01. The number of carboxylic acid groups (broad SMARTS) is 1. The normalized spacial score (nSPS) is 18.0. The van der Waals surface area contributed by atoms with E-state index in [9.17, 15) is 17.8 Å². The molecule has 1 aromatic carbocycles. The number of hydrogen-bond donors (Lipinski definition) is 1. The molecule has 1 fully saturated rings. The lowest BCUT2D eigenvalue weighted by atomic mass is 10.1. The first-order valence-corrected chi connectivity index (χ1v) is 7.40. The molecular formula is C13H14F2O3S. The minimum Gasteiger partial charge on any atom is -0.481 e. The Morgan fingerprint density at radius 2 is 2.05 bits per heavy atom. The Balaban J connectivity index is 1.98. The van der Waals surface area contributed by atoms with Crippen LogP contribution in [0.2, 0.25) is 0 Å². The number of aliphatic carboxylic acids is 1. The fourth-order valence-corrected chi connectivity index (χ4v) is 3.83. The smallest absolute Gasteiger partial charge is 0.303 e. The zero-order valence-corrected chi connectivity index (χ0v) is 11.0. The maximum atomic E-state index is 13.4. The van der Waals surface area contributed by atoms with Crippen LogP contribution >= 0.6 is 0 Å². The summed E-state index contributed by atoms with van der Waals surface area (Å²) in [4.78, 5) is 10.7. The van der Waals surface area contributed by atoms with Crippen molar-refractivity contribution in [3.8, 4) is 0 Å². The molecule has 104 valence electrons. The van der Waals surface area contributed by atoms with Gasteiger partial charge in [0, 0.05) is 22.1 Å². The highest BCUT2D eigenvalue weighted by atomic mass is 32.2. The monoisotopic (exact) mass is 288 g/mol. The second-order valence-corrected chi connectivity index (χ2v) is 6.49. The molecule has 2 rings (SSSR count). The Morgan fingerprint density at radius 1 is 1.37 bits per heavy atom. The summed E-state index contributed by atoms with van der Waals surface area (Å²) in [5.74, 6) is -1.91. The van der Waals surface area contributed by atoms with Gasteiger partial charge in [-0.1, -0.05) is 0 Å². The van der Waals surface area contributed by atoms with Crippen LogP contribution in [0.1, 0.15) is 24.8 Å². The average molecular weight is 288 g/mol. The SMILES string of the molecule is O=C(O)CC1(CS(=O)Cc2cc(F)ccc2F)CC1. The third-order valence-corrected chi connectivity index (χ3v) is 4.84. The first-order chi connectivity index (χ1) is 8.90. The van der Waals surface area contributed by atoms with Gasteiger partial charge in [0.25, 0.3) is 0 Å². The van der Waals surface area contributed by atoms with Crippen LogP contribution in [0.3, 0.4) is 0 Å². The maximum Gasteiger partial charge on any atom is 0.303 e. The number of rotatable bonds is 6. The summed E-state index contributed by atoms with van der Waals surface area (Å²) in [6.07, 6.45) is 1.46. The minimum atomic E-state index is -1.38. The molecule has 0 aromatic heterocycles. The molecule has 1 aromatic rings. The summed E-state index contributed by atoms with van der Waals surface area (Å²) in [6.45, 7) is 0. The second-order valence-electron chi connectivity index (χ2n) is 5.03. The van der Waals surface area contributed by atoms with Crippen molar-refractivity contribution in [3.05, 3.63) is 35.4 Å². The van der Waals surface area contributed by atoms with Gasteiger partial charge in [-0.05, 0) is 36.5 Å². The predicted molar refractivity (Wildman–Crippen MR) is 67.0 cm³/mol. The van der Waals surface area contributed by atoms with Crippen molar-refractivity contribution >= 4 is 16.8 Å². The Hall–Kier alpha value is -1.30. The highest BCUT2D eigenvalue weighted by Gasteiger charge is 2.45. The van der Waals surface area contributed by atoms with Gasteiger partial charge in [-0.25, -0.2) is 8.78 Å². The van der Waals surface area contributed by atoms with Gasteiger partial charge in [0.2, 0.25) is 0 Å². The highest BCUT2D eigenvalue weighted by Crippen LogP contribution is 2.49. The fourth-order valence-electron chi connectivity index (χ4n) is 2.09. The first kappa shape index (κ1) is 14.1. The molecule has 3 nitrogen and oxygen atoms in total. The summed E-state index contributed by atoms with van der Waals surface area (Å²) in [5, 5.41) is 8.76. The van der Waals surface area contributed by atoms with Gasteiger partial charge in [-0.15, -0.1) is 0 Å². The van der Waals surface area contributed by atoms with Gasteiger partial charge >= 0.3 is 5.97 Å². The van der Waals surface area contributed by atoms with Gasteiger partial charge in [0.15, 0.2) is 0 Å². The van der Waals surface area contributed by atoms with Gasteiger partial charge in [0.1, 0.15) is 11.6 Å². The topological polar surface area (TPSA) is 54.4 Å². The zero-order valence-electron chi connectivity index (χ0n) is 10.2. The molecule has 0 radical (unpaired) electrons. The second kappa shape index (κ2) is 5.36. The molecule has 0 bridgehead atoms. The molecule has 6 heteroatoms. The molecule has 1 aliphatic carbocycles. The van der Waals surface area contributed by atoms with Crippen LogP contribution in [0.15, 0.2) is 18.2 Å². The van der Waals surface area contributed by atoms with Crippen LogP contribution < -0.4 is 0 Å². The van der Waals surface area contributed by atoms with Crippen LogP contribution in [-0.4, -0.2) is 21.0 Å². The van der Waals surface area contributed by atoms with E-state index in [1.54, 1.807) is 0 Å². The van der Waals surface area contributed by atoms with E-state index in [0.717, 1.165) is 31.0 Å². The van der Waals surface area contributed by atoms with Crippen molar-refractivity contribution in [3.63, 3.8) is 0 Å². The first-order valence-electron chi connectivity index (χ1n) is 5.91. The van der Waals surface area contributed by atoms with E-state index in [0.29, 0.717) is 0 Å². The molecule has 0 spiro atoms. The Kier molecular flexibility index (Phi) is 3.99. The highest BCUT2D eigenvalue weighted by molar-refractivity contribution is 7.84. The van der Waals surface area contributed by atoms with Crippen molar-refractivity contribution < 1.29 is 22.9 Å². The van der Waals surface area contributed by atoms with Crippen molar-refractivity contribution in [2.75, 3.05) is 5.75 Å². The van der Waals surface area contributed by atoms with Gasteiger partial charge in [-0.3, -0.25) is 9.00 Å². The van der Waals surface area contributed by atoms with Crippen LogP contribution in [0, 0.1) is 17.0 Å². The molecule has 0 saturated heterocycles. The quantitative estimate of drug-likeness (QED) is 0.875. The van der Waals surface area contributed by atoms with Crippen molar-refractivity contribution in [1.82, 2.24) is 0 Å². The molecule has 19 heavy (non-hydrogen) atoms. The standard InChI is InChI=1S/C13H14F2O3S/c14-10-1-2-11(15)9(5-10)7-19(18)8-13(3-4-13)6-12(16)17/h1-2,5H,3-4,6-8H2,(H,16,17). The number of benzene rings is 1. The summed E-state index contributed by atoms with van der Waals surface area (Å²) in [7, 11) is -1.38. The zero-order chi connectivity index (χ0) is 14.0. The van der Waals surface area contributed by atoms with Crippen LogP contribution in [0.5, 0.6) is 0 Å². The molecule has 1 aliphatic rings. The van der Waals surface area contributed by atoms with E-state index < -0.39 is 33.8 Å².